The van der Waals surface area contributed by atoms with Gasteiger partial charge in [-0.2, -0.15) is 0 Å². The molecule has 0 radical (unpaired) electrons. The number of fused-ring (bicyclic) bond motifs is 1. The number of hydrogen-bond acceptors (Lipinski definition) is 3. The standard InChI is InChI=1S/C11H21N3O/c1-2-3-5-14-8-7-13-6-4-12-9-10(13)11(14)15/h10,12H,2-9H2,1H3. The smallest absolute Gasteiger partial charge is 0.241 e. The zero-order chi connectivity index (χ0) is 10.7. The van der Waals surface area contributed by atoms with Gasteiger partial charge in [0.1, 0.15) is 6.04 Å². The normalized spacial score (nSPS) is 27.9. The summed E-state index contributed by atoms with van der Waals surface area (Å²) in [4.78, 5) is 16.5. The van der Waals surface area contributed by atoms with Gasteiger partial charge in [0.25, 0.3) is 0 Å². The molecule has 0 bridgehead atoms. The highest BCUT2D eigenvalue weighted by Crippen LogP contribution is 2.13. The second-order valence-electron chi connectivity index (χ2n) is 4.43. The van der Waals surface area contributed by atoms with Crippen molar-refractivity contribution in [1.29, 1.82) is 0 Å². The predicted octanol–water partition coefficient (Wildman–Crippen LogP) is -0.0975. The van der Waals surface area contributed by atoms with E-state index in [0.717, 1.165) is 52.1 Å². The molecule has 0 aromatic rings. The van der Waals surface area contributed by atoms with Gasteiger partial charge < -0.3 is 10.2 Å². The predicted molar refractivity (Wildman–Crippen MR) is 59.7 cm³/mol. The first-order valence-electron chi connectivity index (χ1n) is 6.06. The van der Waals surface area contributed by atoms with Gasteiger partial charge in [-0.05, 0) is 6.42 Å². The summed E-state index contributed by atoms with van der Waals surface area (Å²) < 4.78 is 0. The highest BCUT2D eigenvalue weighted by atomic mass is 16.2. The molecule has 2 fully saturated rings. The lowest BCUT2D eigenvalue weighted by atomic mass is 10.1. The van der Waals surface area contributed by atoms with Gasteiger partial charge in [-0.1, -0.05) is 13.3 Å². The van der Waals surface area contributed by atoms with Gasteiger partial charge >= 0.3 is 0 Å². The summed E-state index contributed by atoms with van der Waals surface area (Å²) >= 11 is 0. The fourth-order valence-electron chi connectivity index (χ4n) is 2.40. The van der Waals surface area contributed by atoms with Crippen LogP contribution in [0.1, 0.15) is 19.8 Å². The Kier molecular flexibility index (Phi) is 3.59. The van der Waals surface area contributed by atoms with Crippen LogP contribution in [-0.2, 0) is 4.79 Å². The van der Waals surface area contributed by atoms with Crippen LogP contribution in [0.2, 0.25) is 0 Å². The molecule has 0 saturated carbocycles. The number of carbonyl (C=O) groups excluding carboxylic acids is 1. The third-order valence-corrected chi connectivity index (χ3v) is 3.39. The van der Waals surface area contributed by atoms with Crippen LogP contribution in [0, 0.1) is 0 Å². The number of nitrogens with zero attached hydrogens (tertiary/aromatic N) is 2. The number of unbranched alkanes of at least 4 members (excludes halogenated alkanes) is 1. The third-order valence-electron chi connectivity index (χ3n) is 3.39. The first kappa shape index (κ1) is 10.9. The highest BCUT2D eigenvalue weighted by Gasteiger charge is 2.35. The Morgan fingerprint density at radius 3 is 3.07 bits per heavy atom. The fourth-order valence-corrected chi connectivity index (χ4v) is 2.40. The van der Waals surface area contributed by atoms with E-state index in [4.69, 9.17) is 0 Å². The summed E-state index contributed by atoms with van der Waals surface area (Å²) in [6.07, 6.45) is 2.29. The Balaban J connectivity index is 1.92. The van der Waals surface area contributed by atoms with E-state index in [0.29, 0.717) is 5.91 Å². The van der Waals surface area contributed by atoms with E-state index >= 15 is 0 Å². The van der Waals surface area contributed by atoms with Gasteiger partial charge in [-0.15, -0.1) is 0 Å². The van der Waals surface area contributed by atoms with Crippen molar-refractivity contribution in [2.75, 3.05) is 39.3 Å². The van der Waals surface area contributed by atoms with Gasteiger partial charge in [0.2, 0.25) is 5.91 Å². The second-order valence-corrected chi connectivity index (χ2v) is 4.43. The number of rotatable bonds is 3. The molecule has 1 unspecified atom stereocenters. The van der Waals surface area contributed by atoms with Crippen molar-refractivity contribution in [2.24, 2.45) is 0 Å². The minimum absolute atomic E-state index is 0.115. The lowest BCUT2D eigenvalue weighted by Crippen LogP contribution is -2.64. The Hall–Kier alpha value is -0.610. The van der Waals surface area contributed by atoms with Crippen LogP contribution in [0.3, 0.4) is 0 Å². The van der Waals surface area contributed by atoms with E-state index in [2.05, 4.69) is 17.1 Å². The third kappa shape index (κ3) is 2.32. The molecule has 0 aliphatic carbocycles. The van der Waals surface area contributed by atoms with Crippen LogP contribution in [0.5, 0.6) is 0 Å². The minimum atomic E-state index is 0.115. The summed E-state index contributed by atoms with van der Waals surface area (Å²) in [5.41, 5.74) is 0. The molecule has 86 valence electrons. The van der Waals surface area contributed by atoms with Crippen molar-refractivity contribution in [3.8, 4) is 0 Å². The number of amides is 1. The van der Waals surface area contributed by atoms with E-state index in [9.17, 15) is 4.79 Å². The lowest BCUT2D eigenvalue weighted by Gasteiger charge is -2.43. The molecule has 2 aliphatic heterocycles. The SMILES string of the molecule is CCCCN1CCN2CCNCC2C1=O. The average Bonchev–Trinajstić information content (AvgIpc) is 2.29. The van der Waals surface area contributed by atoms with Crippen molar-refractivity contribution in [3.63, 3.8) is 0 Å². The molecular formula is C11H21N3O. The quantitative estimate of drug-likeness (QED) is 0.708. The molecule has 0 aromatic carbocycles. The molecule has 2 saturated heterocycles. The summed E-state index contributed by atoms with van der Waals surface area (Å²) in [6, 6.07) is 0.115. The first-order valence-corrected chi connectivity index (χ1v) is 6.06. The van der Waals surface area contributed by atoms with E-state index < -0.39 is 0 Å². The molecule has 4 heteroatoms. The molecule has 0 spiro atoms. The van der Waals surface area contributed by atoms with E-state index in [1.165, 1.54) is 0 Å². The number of nitrogens with one attached hydrogen (secondary N) is 1. The maximum Gasteiger partial charge on any atom is 0.241 e. The van der Waals surface area contributed by atoms with Crippen molar-refractivity contribution in [3.05, 3.63) is 0 Å². The highest BCUT2D eigenvalue weighted by molar-refractivity contribution is 5.83. The Morgan fingerprint density at radius 1 is 1.40 bits per heavy atom. The van der Waals surface area contributed by atoms with E-state index in [1.807, 2.05) is 4.90 Å². The zero-order valence-electron chi connectivity index (χ0n) is 9.54. The van der Waals surface area contributed by atoms with E-state index in [1.54, 1.807) is 0 Å². The molecule has 1 N–H and O–H groups in total. The number of hydrogen-bond donors (Lipinski definition) is 1. The van der Waals surface area contributed by atoms with Crippen molar-refractivity contribution in [1.82, 2.24) is 15.1 Å². The topological polar surface area (TPSA) is 35.6 Å². The van der Waals surface area contributed by atoms with Crippen LogP contribution in [-0.4, -0.2) is 61.0 Å². The molecule has 1 atom stereocenters. The summed E-state index contributed by atoms with van der Waals surface area (Å²) in [5, 5.41) is 3.30. The molecule has 0 aromatic heterocycles. The molecule has 2 heterocycles. The van der Waals surface area contributed by atoms with Gasteiger partial charge in [-0.25, -0.2) is 0 Å². The Labute approximate surface area is 91.6 Å². The van der Waals surface area contributed by atoms with Crippen molar-refractivity contribution in [2.45, 2.75) is 25.8 Å². The van der Waals surface area contributed by atoms with Crippen LogP contribution >= 0.6 is 0 Å². The van der Waals surface area contributed by atoms with Gasteiger partial charge in [0.15, 0.2) is 0 Å². The van der Waals surface area contributed by atoms with Crippen LogP contribution < -0.4 is 5.32 Å². The van der Waals surface area contributed by atoms with Gasteiger partial charge in [0.05, 0.1) is 0 Å². The van der Waals surface area contributed by atoms with Gasteiger partial charge in [-0.3, -0.25) is 9.69 Å². The van der Waals surface area contributed by atoms with Crippen LogP contribution in [0.25, 0.3) is 0 Å². The molecule has 1 amide bonds. The molecule has 15 heavy (non-hydrogen) atoms. The maximum absolute atomic E-state index is 12.1. The molecule has 2 rings (SSSR count). The average molecular weight is 211 g/mol. The number of carbonyl (C=O) groups is 1. The molecular weight excluding hydrogens is 190 g/mol. The number of piperazine rings is 2. The van der Waals surface area contributed by atoms with Crippen molar-refractivity contribution < 1.29 is 4.79 Å². The fraction of sp³-hybridized carbons (Fsp3) is 0.909. The van der Waals surface area contributed by atoms with E-state index in [-0.39, 0.29) is 6.04 Å². The van der Waals surface area contributed by atoms with Crippen LogP contribution in [0.15, 0.2) is 0 Å². The lowest BCUT2D eigenvalue weighted by molar-refractivity contribution is -0.142. The second kappa shape index (κ2) is 4.94. The minimum Gasteiger partial charge on any atom is -0.340 e. The van der Waals surface area contributed by atoms with Crippen molar-refractivity contribution >= 4 is 5.91 Å². The Bertz CT molecular complexity index is 232. The summed E-state index contributed by atoms with van der Waals surface area (Å²) in [6.45, 7) is 7.98. The summed E-state index contributed by atoms with van der Waals surface area (Å²) in [7, 11) is 0. The van der Waals surface area contributed by atoms with Gasteiger partial charge in [0, 0.05) is 39.3 Å². The monoisotopic (exact) mass is 211 g/mol. The maximum atomic E-state index is 12.1. The molecule has 4 nitrogen and oxygen atoms in total. The first-order chi connectivity index (χ1) is 7.33. The van der Waals surface area contributed by atoms with Crippen LogP contribution in [0.4, 0.5) is 0 Å². The zero-order valence-corrected chi connectivity index (χ0v) is 9.54. The molecule has 2 aliphatic rings. The Morgan fingerprint density at radius 2 is 2.27 bits per heavy atom. The largest absolute Gasteiger partial charge is 0.340 e. The summed E-state index contributed by atoms with van der Waals surface area (Å²) in [5.74, 6) is 0.335.